The number of likely N-dealkylation sites (N-methyl/N-ethyl adjacent to an activating group) is 1. The third-order valence-electron chi connectivity index (χ3n) is 3.70. The highest BCUT2D eigenvalue weighted by atomic mass is 16.2. The van der Waals surface area contributed by atoms with Crippen molar-refractivity contribution in [2.45, 2.75) is 39.8 Å². The maximum absolute atomic E-state index is 12.2. The zero-order valence-electron chi connectivity index (χ0n) is 14.1. The Kier molecular flexibility index (Phi) is 6.89. The maximum atomic E-state index is 12.2. The summed E-state index contributed by atoms with van der Waals surface area (Å²) in [5.74, 6) is -0.284. The number of nitrogens with zero attached hydrogens (tertiary/aromatic N) is 1. The smallest absolute Gasteiger partial charge is 0.242 e. The molecule has 0 saturated carbocycles. The van der Waals surface area contributed by atoms with E-state index in [4.69, 9.17) is 0 Å². The van der Waals surface area contributed by atoms with E-state index in [1.54, 1.807) is 0 Å². The van der Waals surface area contributed by atoms with Crippen molar-refractivity contribution in [1.82, 2.24) is 10.6 Å². The highest BCUT2D eigenvalue weighted by Gasteiger charge is 2.23. The van der Waals surface area contributed by atoms with Crippen molar-refractivity contribution in [2.24, 2.45) is 5.92 Å². The van der Waals surface area contributed by atoms with Crippen LogP contribution in [0.1, 0.15) is 27.7 Å². The predicted octanol–water partition coefficient (Wildman–Crippen LogP) is 1.79. The minimum Gasteiger partial charge on any atom is -0.370 e. The van der Waals surface area contributed by atoms with Crippen LogP contribution in [-0.2, 0) is 9.59 Å². The topological polar surface area (TPSA) is 61.4 Å². The van der Waals surface area contributed by atoms with Gasteiger partial charge >= 0.3 is 0 Å². The molecule has 0 spiro atoms. The number of amides is 2. The highest BCUT2D eigenvalue weighted by Crippen LogP contribution is 2.13. The van der Waals surface area contributed by atoms with Crippen molar-refractivity contribution in [2.75, 3.05) is 18.5 Å². The van der Waals surface area contributed by atoms with Gasteiger partial charge in [0, 0.05) is 32.2 Å². The van der Waals surface area contributed by atoms with E-state index in [2.05, 4.69) is 22.5 Å². The molecule has 2 unspecified atom stereocenters. The molecule has 0 aliphatic rings. The van der Waals surface area contributed by atoms with E-state index in [-0.39, 0.29) is 23.8 Å². The molecule has 2 N–H and O–H groups in total. The van der Waals surface area contributed by atoms with Crippen LogP contribution in [0.15, 0.2) is 30.3 Å². The molecule has 1 rings (SSSR count). The largest absolute Gasteiger partial charge is 0.370 e. The van der Waals surface area contributed by atoms with Gasteiger partial charge in [0.25, 0.3) is 0 Å². The van der Waals surface area contributed by atoms with Gasteiger partial charge in [0.15, 0.2) is 0 Å². The Morgan fingerprint density at radius 1 is 1.14 bits per heavy atom. The van der Waals surface area contributed by atoms with Crippen molar-refractivity contribution < 1.29 is 9.59 Å². The van der Waals surface area contributed by atoms with E-state index in [1.165, 1.54) is 6.92 Å². The van der Waals surface area contributed by atoms with Crippen LogP contribution in [0.5, 0.6) is 0 Å². The van der Waals surface area contributed by atoms with Gasteiger partial charge in [-0.2, -0.15) is 0 Å². The summed E-state index contributed by atoms with van der Waals surface area (Å²) >= 11 is 0. The molecular formula is C17H27N3O2. The summed E-state index contributed by atoms with van der Waals surface area (Å²) in [6.45, 7) is 7.83. The number of nitrogens with one attached hydrogen (secondary N) is 2. The third-order valence-corrected chi connectivity index (χ3v) is 3.70. The number of para-hydroxylation sites is 1. The van der Waals surface area contributed by atoms with Crippen LogP contribution >= 0.6 is 0 Å². The van der Waals surface area contributed by atoms with Crippen LogP contribution in [0.25, 0.3) is 0 Å². The first-order chi connectivity index (χ1) is 10.3. The van der Waals surface area contributed by atoms with Crippen molar-refractivity contribution in [3.63, 3.8) is 0 Å². The molecule has 0 aromatic heterocycles. The minimum absolute atomic E-state index is 0.0473. The van der Waals surface area contributed by atoms with Gasteiger partial charge in [0.05, 0.1) is 0 Å². The molecule has 0 saturated heterocycles. The standard InChI is InChI=1S/C17H27N3O2/c1-12(2)16(19-14(4)21)17(22)18-11-13(3)20(5)15-9-7-6-8-10-15/h6-10,12-13,16H,11H2,1-5H3,(H,18,22)(H,19,21). The fourth-order valence-corrected chi connectivity index (χ4v) is 2.17. The van der Waals surface area contributed by atoms with Gasteiger partial charge in [-0.1, -0.05) is 32.0 Å². The Balaban J connectivity index is 2.56. The molecule has 0 radical (unpaired) electrons. The minimum atomic E-state index is -0.494. The van der Waals surface area contributed by atoms with E-state index in [9.17, 15) is 9.59 Å². The molecule has 2 atom stereocenters. The average Bonchev–Trinajstić information content (AvgIpc) is 2.49. The fraction of sp³-hybridized carbons (Fsp3) is 0.529. The van der Waals surface area contributed by atoms with Gasteiger partial charge in [-0.3, -0.25) is 9.59 Å². The van der Waals surface area contributed by atoms with Crippen molar-refractivity contribution in [3.8, 4) is 0 Å². The molecule has 5 nitrogen and oxygen atoms in total. The molecule has 1 aromatic carbocycles. The molecule has 2 amide bonds. The van der Waals surface area contributed by atoms with E-state index in [1.807, 2.05) is 51.2 Å². The second kappa shape index (κ2) is 8.41. The summed E-state index contributed by atoms with van der Waals surface area (Å²) in [6, 6.07) is 9.68. The van der Waals surface area contributed by atoms with Crippen LogP contribution in [-0.4, -0.2) is 37.5 Å². The quantitative estimate of drug-likeness (QED) is 0.807. The zero-order valence-corrected chi connectivity index (χ0v) is 14.1. The Morgan fingerprint density at radius 3 is 2.23 bits per heavy atom. The first-order valence-corrected chi connectivity index (χ1v) is 7.65. The van der Waals surface area contributed by atoms with Crippen molar-refractivity contribution >= 4 is 17.5 Å². The summed E-state index contributed by atoms with van der Waals surface area (Å²) in [5, 5.41) is 5.62. The Bertz CT molecular complexity index is 488. The molecule has 0 aliphatic carbocycles. The van der Waals surface area contributed by atoms with Gasteiger partial charge in [-0.05, 0) is 25.0 Å². The summed E-state index contributed by atoms with van der Waals surface area (Å²) in [6.07, 6.45) is 0. The van der Waals surface area contributed by atoms with Crippen LogP contribution < -0.4 is 15.5 Å². The summed E-state index contributed by atoms with van der Waals surface area (Å²) in [7, 11) is 2.00. The van der Waals surface area contributed by atoms with Crippen LogP contribution in [0.3, 0.4) is 0 Å². The number of hydrogen-bond acceptors (Lipinski definition) is 3. The van der Waals surface area contributed by atoms with Crippen LogP contribution in [0.4, 0.5) is 5.69 Å². The number of hydrogen-bond donors (Lipinski definition) is 2. The Morgan fingerprint density at radius 2 is 1.73 bits per heavy atom. The first kappa shape index (κ1) is 18.0. The zero-order chi connectivity index (χ0) is 16.7. The Hall–Kier alpha value is -2.04. The van der Waals surface area contributed by atoms with E-state index in [0.29, 0.717) is 6.54 Å². The monoisotopic (exact) mass is 305 g/mol. The lowest BCUT2D eigenvalue weighted by atomic mass is 10.0. The molecular weight excluding hydrogens is 278 g/mol. The summed E-state index contributed by atoms with van der Waals surface area (Å²) in [4.78, 5) is 25.5. The maximum Gasteiger partial charge on any atom is 0.242 e. The molecule has 0 fully saturated rings. The number of benzene rings is 1. The average molecular weight is 305 g/mol. The lowest BCUT2D eigenvalue weighted by Crippen LogP contribution is -2.51. The van der Waals surface area contributed by atoms with Gasteiger partial charge < -0.3 is 15.5 Å². The van der Waals surface area contributed by atoms with Gasteiger partial charge in [0.1, 0.15) is 6.04 Å². The van der Waals surface area contributed by atoms with E-state index >= 15 is 0 Å². The van der Waals surface area contributed by atoms with E-state index < -0.39 is 6.04 Å². The van der Waals surface area contributed by atoms with Gasteiger partial charge in [-0.25, -0.2) is 0 Å². The summed E-state index contributed by atoms with van der Waals surface area (Å²) in [5.41, 5.74) is 1.10. The first-order valence-electron chi connectivity index (χ1n) is 7.65. The number of carbonyl (C=O) groups excluding carboxylic acids is 2. The fourth-order valence-electron chi connectivity index (χ4n) is 2.17. The van der Waals surface area contributed by atoms with Crippen molar-refractivity contribution in [1.29, 1.82) is 0 Å². The molecule has 0 bridgehead atoms. The molecule has 0 aliphatic heterocycles. The second-order valence-corrected chi connectivity index (χ2v) is 5.96. The molecule has 1 aromatic rings. The third kappa shape index (κ3) is 5.39. The SMILES string of the molecule is CC(=O)NC(C(=O)NCC(C)N(C)c1ccccc1)C(C)C. The number of rotatable bonds is 7. The molecule has 5 heteroatoms. The van der Waals surface area contributed by atoms with Crippen LogP contribution in [0.2, 0.25) is 0 Å². The molecule has 22 heavy (non-hydrogen) atoms. The van der Waals surface area contributed by atoms with Crippen LogP contribution in [0, 0.1) is 5.92 Å². The van der Waals surface area contributed by atoms with E-state index in [0.717, 1.165) is 5.69 Å². The van der Waals surface area contributed by atoms with Gasteiger partial charge in [0.2, 0.25) is 11.8 Å². The lowest BCUT2D eigenvalue weighted by Gasteiger charge is -2.28. The highest BCUT2D eigenvalue weighted by molar-refractivity contribution is 5.87. The number of carbonyl (C=O) groups is 2. The normalized spacial score (nSPS) is 13.4. The van der Waals surface area contributed by atoms with Crippen molar-refractivity contribution in [3.05, 3.63) is 30.3 Å². The molecule has 122 valence electrons. The summed E-state index contributed by atoms with van der Waals surface area (Å²) < 4.78 is 0. The second-order valence-electron chi connectivity index (χ2n) is 5.96. The Labute approximate surface area is 133 Å². The number of anilines is 1. The lowest BCUT2D eigenvalue weighted by molar-refractivity contribution is -0.129. The molecule has 0 heterocycles. The van der Waals surface area contributed by atoms with Gasteiger partial charge in [-0.15, -0.1) is 0 Å². The predicted molar refractivity (Wildman–Crippen MR) is 89.8 cm³/mol.